The van der Waals surface area contributed by atoms with Crippen molar-refractivity contribution in [2.45, 2.75) is 38.5 Å². The van der Waals surface area contributed by atoms with Crippen molar-refractivity contribution in [3.05, 3.63) is 11.2 Å². The molecule has 1 saturated carbocycles. The monoisotopic (exact) mass is 200 g/mol. The molecule has 1 aromatic rings. The Morgan fingerprint density at radius 1 is 1.31 bits per heavy atom. The molecule has 0 spiro atoms. The molecule has 0 aliphatic heterocycles. The zero-order valence-corrected chi connectivity index (χ0v) is 8.42. The van der Waals surface area contributed by atoms with E-state index in [2.05, 4.69) is 17.1 Å². The summed E-state index contributed by atoms with van der Waals surface area (Å²) in [7, 11) is 0. The minimum atomic E-state index is 0.161. The highest BCUT2D eigenvalue weighted by Crippen LogP contribution is 2.34. The van der Waals surface area contributed by atoms with Crippen molar-refractivity contribution in [3.8, 4) is 0 Å². The topological polar surface area (TPSA) is 38.9 Å². The number of aromatic nitrogens is 2. The molecule has 0 atom stereocenters. The van der Waals surface area contributed by atoms with Crippen LogP contribution in [0.3, 0.4) is 0 Å². The lowest BCUT2D eigenvalue weighted by atomic mass is 9.83. The Morgan fingerprint density at radius 2 is 2.00 bits per heavy atom. The van der Waals surface area contributed by atoms with Gasteiger partial charge < -0.3 is 4.52 Å². The van der Waals surface area contributed by atoms with Crippen LogP contribution in [0.4, 0.5) is 0 Å². The van der Waals surface area contributed by atoms with E-state index in [0.717, 1.165) is 24.6 Å². The molecule has 1 aliphatic rings. The fourth-order valence-corrected chi connectivity index (χ4v) is 2.02. The molecule has 1 heterocycles. The number of nitrogens with zero attached hydrogens (tertiary/aromatic N) is 2. The predicted octanol–water partition coefficient (Wildman–Crippen LogP) is 3.02. The molecule has 1 aromatic heterocycles. The second kappa shape index (κ2) is 3.66. The van der Waals surface area contributed by atoms with Gasteiger partial charge in [-0.15, -0.1) is 0 Å². The van der Waals surface area contributed by atoms with E-state index in [0.29, 0.717) is 5.92 Å². The minimum Gasteiger partial charge on any atom is -0.321 e. The normalized spacial score (nSPS) is 29.1. The lowest BCUT2D eigenvalue weighted by molar-refractivity contribution is 0.328. The molecule has 0 bridgehead atoms. The van der Waals surface area contributed by atoms with E-state index < -0.39 is 0 Å². The van der Waals surface area contributed by atoms with Crippen molar-refractivity contribution in [2.75, 3.05) is 0 Å². The van der Waals surface area contributed by atoms with E-state index in [-0.39, 0.29) is 5.35 Å². The van der Waals surface area contributed by atoms with Gasteiger partial charge in [0.2, 0.25) is 0 Å². The van der Waals surface area contributed by atoms with Gasteiger partial charge >= 0.3 is 5.35 Å². The first kappa shape index (κ1) is 9.00. The van der Waals surface area contributed by atoms with Crippen molar-refractivity contribution < 1.29 is 4.52 Å². The summed E-state index contributed by atoms with van der Waals surface area (Å²) >= 11 is 5.57. The molecule has 72 valence electrons. The van der Waals surface area contributed by atoms with Gasteiger partial charge in [-0.3, -0.25) is 0 Å². The van der Waals surface area contributed by atoms with Crippen molar-refractivity contribution >= 4 is 11.6 Å². The third-order valence-corrected chi connectivity index (χ3v) is 2.95. The average molecular weight is 201 g/mol. The lowest BCUT2D eigenvalue weighted by Crippen LogP contribution is -2.11. The van der Waals surface area contributed by atoms with Gasteiger partial charge in [0, 0.05) is 5.92 Å². The Labute approximate surface area is 82.5 Å². The Kier molecular flexibility index (Phi) is 2.54. The largest absolute Gasteiger partial charge is 0.321 e. The van der Waals surface area contributed by atoms with E-state index in [4.69, 9.17) is 16.1 Å². The van der Waals surface area contributed by atoms with E-state index in [1.54, 1.807) is 0 Å². The van der Waals surface area contributed by atoms with Crippen LogP contribution >= 0.6 is 11.6 Å². The Morgan fingerprint density at radius 3 is 2.54 bits per heavy atom. The smallest absolute Gasteiger partial charge is 0.320 e. The molecule has 0 radical (unpaired) electrons. The van der Waals surface area contributed by atoms with E-state index in [1.807, 2.05) is 0 Å². The highest BCUT2D eigenvalue weighted by molar-refractivity contribution is 6.27. The van der Waals surface area contributed by atoms with Gasteiger partial charge in [-0.2, -0.15) is 4.98 Å². The van der Waals surface area contributed by atoms with Crippen LogP contribution in [0.15, 0.2) is 4.52 Å². The second-order valence-electron chi connectivity index (χ2n) is 3.86. The molecule has 1 fully saturated rings. The van der Waals surface area contributed by atoms with Gasteiger partial charge in [-0.05, 0) is 30.4 Å². The fraction of sp³-hybridized carbons (Fsp3) is 0.778. The third-order valence-electron chi connectivity index (χ3n) is 2.80. The summed E-state index contributed by atoms with van der Waals surface area (Å²) in [5.41, 5.74) is 0. The summed E-state index contributed by atoms with van der Waals surface area (Å²) in [4.78, 5) is 4.05. The van der Waals surface area contributed by atoms with Gasteiger partial charge in [0.25, 0.3) is 0 Å². The van der Waals surface area contributed by atoms with Crippen molar-refractivity contribution in [1.29, 1.82) is 0 Å². The molecule has 0 aromatic carbocycles. The predicted molar refractivity (Wildman–Crippen MR) is 49.7 cm³/mol. The Hall–Kier alpha value is -0.570. The summed E-state index contributed by atoms with van der Waals surface area (Å²) in [5.74, 6) is 2.10. The molecule has 0 saturated heterocycles. The Bertz CT molecular complexity index is 279. The van der Waals surface area contributed by atoms with Gasteiger partial charge in [0.05, 0.1) is 0 Å². The van der Waals surface area contributed by atoms with Crippen molar-refractivity contribution in [2.24, 2.45) is 5.92 Å². The van der Waals surface area contributed by atoms with E-state index in [1.165, 1.54) is 12.8 Å². The number of halogens is 1. The first-order chi connectivity index (χ1) is 6.25. The highest BCUT2D eigenvalue weighted by atomic mass is 35.5. The molecule has 2 rings (SSSR count). The maximum absolute atomic E-state index is 5.57. The number of hydrogen-bond acceptors (Lipinski definition) is 3. The van der Waals surface area contributed by atoms with Crippen LogP contribution in [-0.2, 0) is 0 Å². The van der Waals surface area contributed by atoms with Crippen LogP contribution in [0.2, 0.25) is 5.35 Å². The molecular weight excluding hydrogens is 188 g/mol. The first-order valence-electron chi connectivity index (χ1n) is 4.75. The van der Waals surface area contributed by atoms with Crippen LogP contribution in [0, 0.1) is 5.92 Å². The molecule has 0 unspecified atom stereocenters. The minimum absolute atomic E-state index is 0.161. The first-order valence-corrected chi connectivity index (χ1v) is 5.12. The number of hydrogen-bond donors (Lipinski definition) is 0. The SMILES string of the molecule is CC1CCC(c2noc(Cl)n2)CC1. The summed E-state index contributed by atoms with van der Waals surface area (Å²) in [5, 5.41) is 4.01. The van der Waals surface area contributed by atoms with Crippen LogP contribution in [-0.4, -0.2) is 10.1 Å². The van der Waals surface area contributed by atoms with Crippen LogP contribution in [0.25, 0.3) is 0 Å². The molecule has 0 amide bonds. The summed E-state index contributed by atoms with van der Waals surface area (Å²) in [6.07, 6.45) is 4.85. The second-order valence-corrected chi connectivity index (χ2v) is 4.19. The van der Waals surface area contributed by atoms with E-state index in [9.17, 15) is 0 Å². The average Bonchev–Trinajstić information content (AvgIpc) is 2.53. The van der Waals surface area contributed by atoms with Gasteiger partial charge in [-0.1, -0.05) is 24.9 Å². The molecule has 0 N–H and O–H groups in total. The summed E-state index contributed by atoms with van der Waals surface area (Å²) in [6, 6.07) is 0. The van der Waals surface area contributed by atoms with Crippen LogP contribution in [0.1, 0.15) is 44.3 Å². The van der Waals surface area contributed by atoms with Crippen LogP contribution < -0.4 is 0 Å². The highest BCUT2D eigenvalue weighted by Gasteiger charge is 2.23. The van der Waals surface area contributed by atoms with Crippen molar-refractivity contribution in [3.63, 3.8) is 0 Å². The standard InChI is InChI=1S/C9H13ClN2O/c1-6-2-4-7(5-3-6)8-11-9(10)13-12-8/h6-7H,2-5H2,1H3. The molecule has 3 nitrogen and oxygen atoms in total. The Balaban J connectivity index is 2.02. The molecular formula is C9H13ClN2O. The lowest BCUT2D eigenvalue weighted by Gasteiger charge is -2.23. The van der Waals surface area contributed by atoms with Gasteiger partial charge in [-0.25, -0.2) is 0 Å². The van der Waals surface area contributed by atoms with Crippen LogP contribution in [0.5, 0.6) is 0 Å². The van der Waals surface area contributed by atoms with E-state index >= 15 is 0 Å². The molecule has 13 heavy (non-hydrogen) atoms. The molecule has 4 heteroatoms. The summed E-state index contributed by atoms with van der Waals surface area (Å²) in [6.45, 7) is 2.29. The maximum Gasteiger partial charge on any atom is 0.320 e. The van der Waals surface area contributed by atoms with Gasteiger partial charge in [0.15, 0.2) is 5.82 Å². The summed E-state index contributed by atoms with van der Waals surface area (Å²) < 4.78 is 4.75. The maximum atomic E-state index is 5.57. The zero-order chi connectivity index (χ0) is 9.26. The zero-order valence-electron chi connectivity index (χ0n) is 7.66. The fourth-order valence-electron chi connectivity index (χ4n) is 1.90. The van der Waals surface area contributed by atoms with Crippen molar-refractivity contribution in [1.82, 2.24) is 10.1 Å². The van der Waals surface area contributed by atoms with Gasteiger partial charge in [0.1, 0.15) is 0 Å². The molecule has 1 aliphatic carbocycles. The third kappa shape index (κ3) is 2.02. The quantitative estimate of drug-likeness (QED) is 0.700. The number of rotatable bonds is 1.